The van der Waals surface area contributed by atoms with Crippen molar-refractivity contribution in [2.24, 2.45) is 0 Å². The Morgan fingerprint density at radius 2 is 1.00 bits per heavy atom. The van der Waals surface area contributed by atoms with E-state index in [2.05, 4.69) is 0 Å². The summed E-state index contributed by atoms with van der Waals surface area (Å²) in [4.78, 5) is 0. The third kappa shape index (κ3) is 8.44. The van der Waals surface area contributed by atoms with Gasteiger partial charge in [-0.3, -0.25) is 0 Å². The predicted octanol–water partition coefficient (Wildman–Crippen LogP) is 0.0302. The summed E-state index contributed by atoms with van der Waals surface area (Å²) in [5.74, 6) is 0. The van der Waals surface area contributed by atoms with E-state index in [4.69, 9.17) is 10.2 Å². The zero-order valence-electron chi connectivity index (χ0n) is 8.93. The maximum absolute atomic E-state index is 9.37. The van der Waals surface area contributed by atoms with Crippen molar-refractivity contribution in [1.29, 1.82) is 0 Å². The Morgan fingerprint density at radius 3 is 1.21 bits per heavy atom. The molecule has 4 nitrogen and oxygen atoms in total. The van der Waals surface area contributed by atoms with Crippen LogP contribution in [0.4, 0.5) is 0 Å². The van der Waals surface area contributed by atoms with Crippen molar-refractivity contribution in [3.05, 3.63) is 0 Å². The third-order valence-electron chi connectivity index (χ3n) is 2.06. The van der Waals surface area contributed by atoms with Crippen molar-refractivity contribution in [1.82, 2.24) is 0 Å². The van der Waals surface area contributed by atoms with Crippen LogP contribution >= 0.6 is 0 Å². The van der Waals surface area contributed by atoms with Gasteiger partial charge in [-0.15, -0.1) is 0 Å². The third-order valence-corrected chi connectivity index (χ3v) is 2.06. The summed E-state index contributed by atoms with van der Waals surface area (Å²) in [5.41, 5.74) is 0. The minimum atomic E-state index is -0.571. The molecule has 0 aromatic rings. The molecule has 4 atom stereocenters. The van der Waals surface area contributed by atoms with Gasteiger partial charge < -0.3 is 20.4 Å². The molecule has 0 saturated heterocycles. The number of hydrogen-bond acceptors (Lipinski definition) is 4. The predicted molar refractivity (Wildman–Crippen MR) is 53.8 cm³/mol. The lowest BCUT2D eigenvalue weighted by Crippen LogP contribution is -2.20. The SMILES string of the molecule is CC(O)CC(O)CCC(O)CC(C)O. The number of rotatable bonds is 7. The van der Waals surface area contributed by atoms with Crippen LogP contribution in [0.5, 0.6) is 0 Å². The van der Waals surface area contributed by atoms with Crippen LogP contribution in [0, 0.1) is 0 Å². The first-order valence-electron chi connectivity index (χ1n) is 5.14. The number of aliphatic hydroxyl groups is 4. The molecule has 0 radical (unpaired) electrons. The second-order valence-electron chi connectivity index (χ2n) is 4.05. The summed E-state index contributed by atoms with van der Waals surface area (Å²) in [5, 5.41) is 36.7. The summed E-state index contributed by atoms with van der Waals surface area (Å²) in [6.45, 7) is 3.24. The van der Waals surface area contributed by atoms with E-state index in [9.17, 15) is 10.2 Å². The normalized spacial score (nSPS) is 20.1. The smallest absolute Gasteiger partial charge is 0.0565 e. The van der Waals surface area contributed by atoms with Crippen LogP contribution in [-0.2, 0) is 0 Å². The molecular weight excluding hydrogens is 184 g/mol. The second kappa shape index (κ2) is 7.17. The van der Waals surface area contributed by atoms with Crippen LogP contribution in [0.3, 0.4) is 0 Å². The largest absolute Gasteiger partial charge is 0.393 e. The zero-order chi connectivity index (χ0) is 11.1. The van der Waals surface area contributed by atoms with Crippen molar-refractivity contribution in [3.63, 3.8) is 0 Å². The summed E-state index contributed by atoms with van der Waals surface area (Å²) >= 11 is 0. The molecule has 14 heavy (non-hydrogen) atoms. The van der Waals surface area contributed by atoms with Crippen molar-refractivity contribution in [2.75, 3.05) is 0 Å². The topological polar surface area (TPSA) is 80.9 Å². The summed E-state index contributed by atoms with van der Waals surface area (Å²) < 4.78 is 0. The molecule has 0 rings (SSSR count). The molecular formula is C10H22O4. The van der Waals surface area contributed by atoms with Gasteiger partial charge in [0.25, 0.3) is 0 Å². The molecule has 86 valence electrons. The molecule has 0 aliphatic heterocycles. The fourth-order valence-electron chi connectivity index (χ4n) is 1.41. The van der Waals surface area contributed by atoms with Gasteiger partial charge in [-0.2, -0.15) is 0 Å². The van der Waals surface area contributed by atoms with Crippen LogP contribution in [0.25, 0.3) is 0 Å². The lowest BCUT2D eigenvalue weighted by atomic mass is 10.0. The maximum Gasteiger partial charge on any atom is 0.0565 e. The molecule has 0 aliphatic rings. The Morgan fingerprint density at radius 1 is 0.714 bits per heavy atom. The van der Waals surface area contributed by atoms with E-state index in [1.807, 2.05) is 0 Å². The fraction of sp³-hybridized carbons (Fsp3) is 1.00. The summed E-state index contributed by atoms with van der Waals surface area (Å²) in [7, 11) is 0. The van der Waals surface area contributed by atoms with Crippen molar-refractivity contribution in [3.8, 4) is 0 Å². The van der Waals surface area contributed by atoms with Crippen LogP contribution in [0.15, 0.2) is 0 Å². The highest BCUT2D eigenvalue weighted by Gasteiger charge is 2.12. The van der Waals surface area contributed by atoms with Gasteiger partial charge in [0, 0.05) is 0 Å². The van der Waals surface area contributed by atoms with Gasteiger partial charge in [-0.25, -0.2) is 0 Å². The van der Waals surface area contributed by atoms with Gasteiger partial charge in [0.1, 0.15) is 0 Å². The Bertz CT molecular complexity index is 120. The fourth-order valence-corrected chi connectivity index (χ4v) is 1.41. The van der Waals surface area contributed by atoms with Crippen molar-refractivity contribution < 1.29 is 20.4 Å². The molecule has 0 amide bonds. The summed E-state index contributed by atoms with van der Waals surface area (Å²) in [6.07, 6.45) is -0.587. The molecule has 0 spiro atoms. The minimum Gasteiger partial charge on any atom is -0.393 e. The average Bonchev–Trinajstić information content (AvgIpc) is 1.98. The number of aliphatic hydroxyl groups excluding tert-OH is 4. The molecule has 0 aromatic carbocycles. The monoisotopic (exact) mass is 206 g/mol. The van der Waals surface area contributed by atoms with Gasteiger partial charge in [0.05, 0.1) is 24.4 Å². The van der Waals surface area contributed by atoms with Gasteiger partial charge in [0.15, 0.2) is 0 Å². The first kappa shape index (κ1) is 13.8. The van der Waals surface area contributed by atoms with Crippen molar-refractivity contribution in [2.45, 2.75) is 63.9 Å². The van der Waals surface area contributed by atoms with E-state index in [1.54, 1.807) is 13.8 Å². The zero-order valence-corrected chi connectivity index (χ0v) is 8.93. The first-order chi connectivity index (χ1) is 6.41. The highest BCUT2D eigenvalue weighted by Crippen LogP contribution is 2.10. The quantitative estimate of drug-likeness (QED) is 0.474. The van der Waals surface area contributed by atoms with E-state index in [-0.39, 0.29) is 0 Å². The molecule has 0 aromatic heterocycles. The van der Waals surface area contributed by atoms with Crippen LogP contribution in [0.2, 0.25) is 0 Å². The molecule has 0 bridgehead atoms. The Balaban J connectivity index is 3.50. The average molecular weight is 206 g/mol. The van der Waals surface area contributed by atoms with E-state index in [0.29, 0.717) is 25.7 Å². The van der Waals surface area contributed by atoms with Crippen LogP contribution in [0.1, 0.15) is 39.5 Å². The van der Waals surface area contributed by atoms with E-state index < -0.39 is 24.4 Å². The first-order valence-corrected chi connectivity index (χ1v) is 5.14. The Kier molecular flexibility index (Phi) is 7.09. The van der Waals surface area contributed by atoms with Crippen LogP contribution < -0.4 is 0 Å². The Labute approximate surface area is 85.2 Å². The van der Waals surface area contributed by atoms with Gasteiger partial charge in [-0.05, 0) is 39.5 Å². The van der Waals surface area contributed by atoms with Gasteiger partial charge in [0.2, 0.25) is 0 Å². The van der Waals surface area contributed by atoms with Crippen LogP contribution in [-0.4, -0.2) is 44.8 Å². The van der Waals surface area contributed by atoms with Gasteiger partial charge in [-0.1, -0.05) is 0 Å². The molecule has 4 unspecified atom stereocenters. The lowest BCUT2D eigenvalue weighted by Gasteiger charge is -2.16. The second-order valence-corrected chi connectivity index (χ2v) is 4.05. The maximum atomic E-state index is 9.37. The van der Waals surface area contributed by atoms with Gasteiger partial charge >= 0.3 is 0 Å². The van der Waals surface area contributed by atoms with E-state index in [1.165, 1.54) is 0 Å². The minimum absolute atomic E-state index is 0.335. The molecule has 0 saturated carbocycles. The summed E-state index contributed by atoms with van der Waals surface area (Å²) in [6, 6.07) is 0. The van der Waals surface area contributed by atoms with E-state index >= 15 is 0 Å². The molecule has 0 aliphatic carbocycles. The molecule has 0 heterocycles. The Hall–Kier alpha value is -0.160. The highest BCUT2D eigenvalue weighted by molar-refractivity contribution is 4.65. The molecule has 0 fully saturated rings. The number of hydrogen-bond donors (Lipinski definition) is 4. The lowest BCUT2D eigenvalue weighted by molar-refractivity contribution is 0.0513. The molecule has 4 heteroatoms. The highest BCUT2D eigenvalue weighted by atomic mass is 16.3. The van der Waals surface area contributed by atoms with E-state index in [0.717, 1.165) is 0 Å². The molecule has 4 N–H and O–H groups in total. The standard InChI is InChI=1S/C10H22O4/c1-7(11)5-9(13)3-4-10(14)6-8(2)12/h7-14H,3-6H2,1-2H3. The van der Waals surface area contributed by atoms with Crippen molar-refractivity contribution >= 4 is 0 Å².